The second-order valence-corrected chi connectivity index (χ2v) is 8.12. The van der Waals surface area contributed by atoms with Crippen LogP contribution in [0.25, 0.3) is 0 Å². The maximum atomic E-state index is 12.6. The Hall–Kier alpha value is -1.06. The third-order valence-electron chi connectivity index (χ3n) is 5.36. The average molecular weight is 308 g/mol. The first-order chi connectivity index (χ1) is 10.3. The van der Waals surface area contributed by atoms with E-state index < -0.39 is 5.41 Å². The summed E-state index contributed by atoms with van der Waals surface area (Å²) in [4.78, 5) is 26.5. The number of amides is 2. The molecule has 22 heavy (non-hydrogen) atoms. The van der Waals surface area contributed by atoms with Crippen molar-refractivity contribution < 1.29 is 9.59 Å². The molecule has 0 aromatic rings. The molecular formula is C18H32N2O2. The molecule has 1 aliphatic carbocycles. The highest BCUT2D eigenvalue weighted by atomic mass is 16.2. The lowest BCUT2D eigenvalue weighted by Gasteiger charge is -2.47. The molecule has 4 heteroatoms. The summed E-state index contributed by atoms with van der Waals surface area (Å²) < 4.78 is 0. The van der Waals surface area contributed by atoms with Gasteiger partial charge in [-0.3, -0.25) is 9.59 Å². The SMILES string of the molecule is C[C@@H]1CCN(C(=O)CCNC(=O)C(C)(C)C)[C@@H]2CCCC[C@H]12. The summed E-state index contributed by atoms with van der Waals surface area (Å²) in [5.41, 5.74) is -0.391. The number of likely N-dealkylation sites (tertiary alicyclic amines) is 1. The molecular weight excluding hydrogens is 276 g/mol. The maximum absolute atomic E-state index is 12.6. The normalized spacial score (nSPS) is 28.9. The molecule has 1 N–H and O–H groups in total. The lowest BCUT2D eigenvalue weighted by Crippen LogP contribution is -2.52. The van der Waals surface area contributed by atoms with Crippen molar-refractivity contribution in [1.82, 2.24) is 10.2 Å². The van der Waals surface area contributed by atoms with E-state index in [9.17, 15) is 9.59 Å². The van der Waals surface area contributed by atoms with Crippen LogP contribution >= 0.6 is 0 Å². The van der Waals surface area contributed by atoms with Crippen LogP contribution in [0.3, 0.4) is 0 Å². The van der Waals surface area contributed by atoms with E-state index in [1.54, 1.807) is 0 Å². The first-order valence-electron chi connectivity index (χ1n) is 8.88. The summed E-state index contributed by atoms with van der Waals surface area (Å²) in [5, 5.41) is 2.89. The van der Waals surface area contributed by atoms with Gasteiger partial charge in [0.2, 0.25) is 11.8 Å². The number of fused-ring (bicyclic) bond motifs is 1. The fourth-order valence-corrected chi connectivity index (χ4v) is 3.91. The van der Waals surface area contributed by atoms with Crippen LogP contribution in [0.15, 0.2) is 0 Å². The van der Waals surface area contributed by atoms with Crippen molar-refractivity contribution >= 4 is 11.8 Å². The lowest BCUT2D eigenvalue weighted by atomic mass is 9.72. The smallest absolute Gasteiger partial charge is 0.225 e. The molecule has 2 aliphatic rings. The van der Waals surface area contributed by atoms with Gasteiger partial charge in [-0.15, -0.1) is 0 Å². The van der Waals surface area contributed by atoms with Gasteiger partial charge in [-0.25, -0.2) is 0 Å². The van der Waals surface area contributed by atoms with Crippen LogP contribution in [0.1, 0.15) is 66.2 Å². The zero-order valence-electron chi connectivity index (χ0n) is 14.7. The Morgan fingerprint density at radius 2 is 1.82 bits per heavy atom. The first-order valence-corrected chi connectivity index (χ1v) is 8.88. The second kappa shape index (κ2) is 7.01. The molecule has 2 amide bonds. The van der Waals surface area contributed by atoms with Crippen LogP contribution < -0.4 is 5.32 Å². The highest BCUT2D eigenvalue weighted by Gasteiger charge is 2.39. The Labute approximate surface area is 135 Å². The number of hydrogen-bond acceptors (Lipinski definition) is 2. The Bertz CT molecular complexity index is 414. The summed E-state index contributed by atoms with van der Waals surface area (Å²) in [6.45, 7) is 9.37. The van der Waals surface area contributed by atoms with Gasteiger partial charge in [0, 0.05) is 31.0 Å². The van der Waals surface area contributed by atoms with E-state index in [1.807, 2.05) is 20.8 Å². The predicted molar refractivity (Wildman–Crippen MR) is 88.3 cm³/mol. The molecule has 0 radical (unpaired) electrons. The molecule has 4 nitrogen and oxygen atoms in total. The van der Waals surface area contributed by atoms with Crippen molar-refractivity contribution in [2.45, 2.75) is 72.3 Å². The van der Waals surface area contributed by atoms with Crippen LogP contribution in [-0.2, 0) is 9.59 Å². The molecule has 0 aromatic heterocycles. The van der Waals surface area contributed by atoms with Gasteiger partial charge in [-0.2, -0.15) is 0 Å². The number of carbonyl (C=O) groups excluding carboxylic acids is 2. The van der Waals surface area contributed by atoms with Crippen molar-refractivity contribution in [1.29, 1.82) is 0 Å². The number of carbonyl (C=O) groups is 2. The molecule has 0 spiro atoms. The molecule has 3 atom stereocenters. The molecule has 0 aromatic carbocycles. The minimum atomic E-state index is -0.391. The standard InChI is InChI=1S/C18H32N2O2/c1-13-10-12-20(15-8-6-5-7-14(13)15)16(21)9-11-19-17(22)18(2,3)4/h13-15H,5-12H2,1-4H3,(H,19,22)/t13-,14-,15-/m1/s1. The number of hydrogen-bond donors (Lipinski definition) is 1. The van der Waals surface area contributed by atoms with Crippen LogP contribution in [0.2, 0.25) is 0 Å². The summed E-state index contributed by atoms with van der Waals surface area (Å²) in [7, 11) is 0. The highest BCUT2D eigenvalue weighted by molar-refractivity contribution is 5.82. The van der Waals surface area contributed by atoms with Crippen LogP contribution in [-0.4, -0.2) is 35.8 Å². The molecule has 0 unspecified atom stereocenters. The number of piperidine rings is 1. The Kier molecular flexibility index (Phi) is 5.51. The van der Waals surface area contributed by atoms with E-state index in [4.69, 9.17) is 0 Å². The van der Waals surface area contributed by atoms with E-state index in [2.05, 4.69) is 17.1 Å². The summed E-state index contributed by atoms with van der Waals surface area (Å²) >= 11 is 0. The van der Waals surface area contributed by atoms with Gasteiger partial charge in [0.05, 0.1) is 0 Å². The third-order valence-corrected chi connectivity index (χ3v) is 5.36. The van der Waals surface area contributed by atoms with Gasteiger partial charge in [-0.05, 0) is 31.1 Å². The van der Waals surface area contributed by atoms with Crippen molar-refractivity contribution in [2.75, 3.05) is 13.1 Å². The summed E-state index contributed by atoms with van der Waals surface area (Å²) in [6, 6.07) is 0.448. The van der Waals surface area contributed by atoms with Crippen molar-refractivity contribution in [3.8, 4) is 0 Å². The molecule has 1 saturated heterocycles. The van der Waals surface area contributed by atoms with Gasteiger partial charge in [-0.1, -0.05) is 40.5 Å². The van der Waals surface area contributed by atoms with Gasteiger partial charge >= 0.3 is 0 Å². The fraction of sp³-hybridized carbons (Fsp3) is 0.889. The topological polar surface area (TPSA) is 49.4 Å². The highest BCUT2D eigenvalue weighted by Crippen LogP contribution is 2.38. The van der Waals surface area contributed by atoms with Crippen molar-refractivity contribution in [3.05, 3.63) is 0 Å². The fourth-order valence-electron chi connectivity index (χ4n) is 3.91. The Morgan fingerprint density at radius 1 is 1.14 bits per heavy atom. The molecule has 1 aliphatic heterocycles. The van der Waals surface area contributed by atoms with Crippen molar-refractivity contribution in [2.24, 2.45) is 17.3 Å². The first kappa shape index (κ1) is 17.3. The molecule has 0 bridgehead atoms. The van der Waals surface area contributed by atoms with Crippen LogP contribution in [0, 0.1) is 17.3 Å². The molecule has 2 fully saturated rings. The van der Waals surface area contributed by atoms with Crippen molar-refractivity contribution in [3.63, 3.8) is 0 Å². The molecule has 1 saturated carbocycles. The number of rotatable bonds is 3. The minimum Gasteiger partial charge on any atom is -0.355 e. The van der Waals surface area contributed by atoms with Gasteiger partial charge in [0.1, 0.15) is 0 Å². The third kappa shape index (κ3) is 4.02. The van der Waals surface area contributed by atoms with E-state index in [-0.39, 0.29) is 11.8 Å². The van der Waals surface area contributed by atoms with E-state index >= 15 is 0 Å². The Balaban J connectivity index is 1.85. The van der Waals surface area contributed by atoms with E-state index in [1.165, 1.54) is 19.3 Å². The van der Waals surface area contributed by atoms with Crippen LogP contribution in [0.5, 0.6) is 0 Å². The molecule has 2 rings (SSSR count). The number of nitrogens with one attached hydrogen (secondary N) is 1. The van der Waals surface area contributed by atoms with E-state index in [0.717, 1.165) is 25.3 Å². The summed E-state index contributed by atoms with van der Waals surface area (Å²) in [6.07, 6.45) is 6.56. The largest absolute Gasteiger partial charge is 0.355 e. The van der Waals surface area contributed by atoms with Gasteiger partial charge < -0.3 is 10.2 Å². The zero-order chi connectivity index (χ0) is 16.3. The minimum absolute atomic E-state index is 0.0168. The molecule has 126 valence electrons. The average Bonchev–Trinajstić information content (AvgIpc) is 2.46. The van der Waals surface area contributed by atoms with Gasteiger partial charge in [0.25, 0.3) is 0 Å². The zero-order valence-corrected chi connectivity index (χ0v) is 14.7. The van der Waals surface area contributed by atoms with Crippen LogP contribution in [0.4, 0.5) is 0 Å². The number of nitrogens with zero attached hydrogens (tertiary/aromatic N) is 1. The Morgan fingerprint density at radius 3 is 2.50 bits per heavy atom. The second-order valence-electron chi connectivity index (χ2n) is 8.12. The summed E-state index contributed by atoms with van der Waals surface area (Å²) in [5.74, 6) is 1.67. The monoisotopic (exact) mass is 308 g/mol. The van der Waals surface area contributed by atoms with Gasteiger partial charge in [0.15, 0.2) is 0 Å². The predicted octanol–water partition coefficient (Wildman–Crippen LogP) is 2.97. The lowest BCUT2D eigenvalue weighted by molar-refractivity contribution is -0.139. The maximum Gasteiger partial charge on any atom is 0.225 e. The van der Waals surface area contributed by atoms with E-state index in [0.29, 0.717) is 24.9 Å². The molecule has 1 heterocycles. The quantitative estimate of drug-likeness (QED) is 0.871.